The Morgan fingerprint density at radius 1 is 0.678 bits per heavy atom. The van der Waals surface area contributed by atoms with E-state index in [9.17, 15) is 20.2 Å². The maximum absolute atomic E-state index is 10.6. The minimum Gasteiger partial charge on any atom is -1.00 e. The molecule has 6 bridgehead atoms. The Balaban J connectivity index is 0.000000271. The number of carbonyl (C=O) groups is 1. The topological polar surface area (TPSA) is 229 Å². The standard InChI is InChI=1S/C12H16N4O2.C12H18N4.C7H14N2.C5H3BrN2O2.CH2O3.2K.H/c17-16(18)12-2-1-11(9-13-12)15-8-7-14-5-3-10(15)4-6-14;13-12-2-1-11(9-14-12)16-8-7-15-5-3-10(16)4-6-15;1-4-9-5-2-7(1)8-3-6-9;6-4-1-2-5(7-3-4)8(9)10;2-1-4-3;;;/h1-2,9-10H,3-8H2;1-2,9-10H,3-8H2,(H2,13,14);7-8H,1-6H2;1-3H;1,3H;;;/q;;;;;2*+1;-1/p-1. The number of halogens is 1. The Morgan fingerprint density at radius 2 is 1.12 bits per heavy atom. The van der Waals surface area contributed by atoms with Crippen molar-refractivity contribution in [2.24, 2.45) is 0 Å². The quantitative estimate of drug-likeness (QED) is 0.0835. The molecule has 0 radical (unpaired) electrons. The summed E-state index contributed by atoms with van der Waals surface area (Å²) in [5, 5.41) is 32.6. The van der Waals surface area contributed by atoms with Gasteiger partial charge in [-0.3, -0.25) is 4.79 Å². The number of fused-ring (bicyclic) bond motifs is 12. The summed E-state index contributed by atoms with van der Waals surface area (Å²) in [5.74, 6) is 0.386. The van der Waals surface area contributed by atoms with Crippen LogP contribution in [0.2, 0.25) is 0 Å². The third-order valence-electron chi connectivity index (χ3n) is 11.1. The van der Waals surface area contributed by atoms with Crippen LogP contribution in [0.1, 0.15) is 40.0 Å². The molecule has 12 heterocycles. The summed E-state index contributed by atoms with van der Waals surface area (Å²) < 4.78 is 0.734. The van der Waals surface area contributed by atoms with Crippen LogP contribution in [-0.4, -0.2) is 143 Å². The number of pyridine rings is 3. The number of anilines is 3. The number of aromatic nitrogens is 3. The van der Waals surface area contributed by atoms with Gasteiger partial charge in [-0.25, -0.2) is 4.98 Å². The molecule has 0 spiro atoms. The van der Waals surface area contributed by atoms with Gasteiger partial charge in [-0.15, -0.1) is 0 Å². The second-order valence-electron chi connectivity index (χ2n) is 14.5. The summed E-state index contributed by atoms with van der Waals surface area (Å²) in [6.45, 7) is 14.2. The Morgan fingerprint density at radius 3 is 1.53 bits per heavy atom. The first-order valence-corrected chi connectivity index (χ1v) is 20.2. The number of carbonyl (C=O) groups excluding carboxylic acids is 1. The van der Waals surface area contributed by atoms with Crippen molar-refractivity contribution in [2.75, 3.05) is 94.1 Å². The number of nitrogens with zero attached hydrogens (tertiary/aromatic N) is 10. The maximum atomic E-state index is 10.6. The van der Waals surface area contributed by atoms with Gasteiger partial charge in [0.15, 0.2) is 12.4 Å². The molecule has 59 heavy (non-hydrogen) atoms. The van der Waals surface area contributed by atoms with E-state index in [4.69, 9.17) is 15.8 Å². The van der Waals surface area contributed by atoms with Gasteiger partial charge in [0.1, 0.15) is 5.82 Å². The van der Waals surface area contributed by atoms with Gasteiger partial charge in [0, 0.05) is 95.7 Å². The van der Waals surface area contributed by atoms with Gasteiger partial charge >= 0.3 is 114 Å². The van der Waals surface area contributed by atoms with Crippen molar-refractivity contribution in [1.82, 2.24) is 35.0 Å². The van der Waals surface area contributed by atoms with Crippen LogP contribution in [0, 0.1) is 20.2 Å². The minimum atomic E-state index is -0.535. The monoisotopic (exact) mass is 934 g/mol. The van der Waals surface area contributed by atoms with E-state index in [0.29, 0.717) is 17.9 Å². The van der Waals surface area contributed by atoms with E-state index in [1.54, 1.807) is 12.3 Å². The molecule has 9 fully saturated rings. The van der Waals surface area contributed by atoms with Crippen LogP contribution in [0.25, 0.3) is 0 Å². The van der Waals surface area contributed by atoms with E-state index in [2.05, 4.69) is 71.7 Å². The first-order chi connectivity index (χ1) is 27.6. The van der Waals surface area contributed by atoms with Gasteiger partial charge in [0.05, 0.1) is 22.0 Å². The fraction of sp³-hybridized carbons (Fsp3) is 0.568. The number of nitro groups is 2. The number of hydrogen-bond donors (Lipinski definition) is 2. The molecule has 9 saturated heterocycles. The van der Waals surface area contributed by atoms with Crippen LogP contribution >= 0.6 is 15.9 Å². The molecule has 22 heteroatoms. The summed E-state index contributed by atoms with van der Waals surface area (Å²) in [5.41, 5.74) is 7.86. The summed E-state index contributed by atoms with van der Waals surface area (Å²) >= 11 is 3.11. The van der Waals surface area contributed by atoms with Gasteiger partial charge in [0.2, 0.25) is 0 Å². The molecular formula is C37H53BrK2N12O7. The van der Waals surface area contributed by atoms with Crippen molar-refractivity contribution in [3.05, 3.63) is 79.7 Å². The van der Waals surface area contributed by atoms with Gasteiger partial charge in [-0.2, -0.15) is 0 Å². The molecule has 0 aliphatic carbocycles. The number of rotatable bonds is 5. The summed E-state index contributed by atoms with van der Waals surface area (Å²) in [7, 11) is 0. The summed E-state index contributed by atoms with van der Waals surface area (Å²) in [6, 6.07) is 12.3. The average Bonchev–Trinajstić information content (AvgIpc) is 3.89. The molecule has 0 amide bonds. The van der Waals surface area contributed by atoms with Crippen LogP contribution in [-0.2, 0) is 9.68 Å². The van der Waals surface area contributed by atoms with Crippen LogP contribution in [0.3, 0.4) is 0 Å². The van der Waals surface area contributed by atoms with Crippen molar-refractivity contribution in [3.63, 3.8) is 0 Å². The Labute approximate surface area is 439 Å². The minimum absolute atomic E-state index is 0. The molecule has 3 N–H and O–H groups in total. The molecule has 12 rings (SSSR count). The van der Waals surface area contributed by atoms with Crippen molar-refractivity contribution in [2.45, 2.75) is 56.7 Å². The van der Waals surface area contributed by atoms with Gasteiger partial charge in [-0.05, 0) is 112 Å². The molecule has 0 aromatic carbocycles. The predicted octanol–water partition coefficient (Wildman–Crippen LogP) is -3.42. The fourth-order valence-corrected chi connectivity index (χ4v) is 8.17. The smallest absolute Gasteiger partial charge is 1.00 e. The molecule has 9 aliphatic heterocycles. The van der Waals surface area contributed by atoms with Gasteiger partial charge < -0.3 is 67.4 Å². The summed E-state index contributed by atoms with van der Waals surface area (Å²) in [4.78, 5) is 55.0. The fourth-order valence-electron chi connectivity index (χ4n) is 7.94. The molecule has 0 atom stereocenters. The number of nitrogens with two attached hydrogens (primary N) is 1. The van der Waals surface area contributed by atoms with E-state index in [1.807, 2.05) is 18.3 Å². The van der Waals surface area contributed by atoms with E-state index < -0.39 is 9.85 Å². The molecule has 0 unspecified atom stereocenters. The second kappa shape index (κ2) is 27.7. The Hall–Kier alpha value is -1.33. The zero-order valence-electron chi connectivity index (χ0n) is 35.0. The molecule has 19 nitrogen and oxygen atoms in total. The average molecular weight is 936 g/mol. The molecule has 3 aromatic heterocycles. The van der Waals surface area contributed by atoms with Crippen molar-refractivity contribution >= 4 is 51.2 Å². The zero-order chi connectivity index (χ0) is 40.6. The van der Waals surface area contributed by atoms with Crippen molar-refractivity contribution in [3.8, 4) is 0 Å². The number of nitrogens with one attached hydrogen (secondary N) is 1. The van der Waals surface area contributed by atoms with E-state index in [0.717, 1.165) is 35.8 Å². The predicted molar refractivity (Wildman–Crippen MR) is 217 cm³/mol. The first kappa shape index (κ1) is 52.0. The van der Waals surface area contributed by atoms with Gasteiger partial charge in [-0.1, -0.05) is 0 Å². The third kappa shape index (κ3) is 17.1. The Kier molecular flexibility index (Phi) is 24.4. The van der Waals surface area contributed by atoms with Crippen LogP contribution in [0.5, 0.6) is 0 Å². The van der Waals surface area contributed by atoms with E-state index >= 15 is 0 Å². The zero-order valence-corrected chi connectivity index (χ0v) is 41.9. The van der Waals surface area contributed by atoms with Crippen LogP contribution < -0.4 is 129 Å². The second-order valence-corrected chi connectivity index (χ2v) is 15.4. The van der Waals surface area contributed by atoms with Crippen LogP contribution in [0.15, 0.2) is 59.5 Å². The largest absolute Gasteiger partial charge is 1.00 e. The summed E-state index contributed by atoms with van der Waals surface area (Å²) in [6.07, 6.45) is 12.6. The normalized spacial score (nSPS) is 24.6. The SMILES string of the molecule is C1CN2CCC(CC2)N1.Nc1ccc(N2CCN3CCC2CC3)cn1.O=CO[O-].O=[N+]([O-])c1ccc(Br)cn1.O=[N+]([O-])c1ccc(N2CCN3CCC2CC3)cn1.[H-].[K+].[K+]. The third-order valence-corrected chi connectivity index (χ3v) is 11.5. The molecular weight excluding hydrogens is 883 g/mol. The molecule has 312 valence electrons. The van der Waals surface area contributed by atoms with Gasteiger partial charge in [0.25, 0.3) is 6.47 Å². The van der Waals surface area contributed by atoms with Crippen molar-refractivity contribution in [1.29, 1.82) is 0 Å². The van der Waals surface area contributed by atoms with Crippen molar-refractivity contribution < 1.29 is 129 Å². The molecule has 3 aromatic rings. The first-order valence-electron chi connectivity index (χ1n) is 19.4. The Bertz CT molecular complexity index is 1670. The van der Waals surface area contributed by atoms with Crippen LogP contribution in [0.4, 0.5) is 28.8 Å². The molecule has 9 aliphatic rings. The molecule has 0 saturated carbocycles. The maximum Gasteiger partial charge on any atom is 1.00 e. The number of piperidine rings is 3. The van der Waals surface area contributed by atoms with E-state index in [-0.39, 0.29) is 122 Å². The number of nitrogen functional groups attached to an aromatic ring is 1. The number of hydrogen-bond acceptors (Lipinski definition) is 17. The van der Waals surface area contributed by atoms with E-state index in [1.165, 1.54) is 121 Å².